The summed E-state index contributed by atoms with van der Waals surface area (Å²) in [5, 5.41) is 3.43. The molecular formula is C22H26ClNO3S. The molecule has 1 aliphatic carbocycles. The minimum absolute atomic E-state index is 0.154. The molecule has 2 aromatic carbocycles. The van der Waals surface area contributed by atoms with Crippen LogP contribution in [-0.2, 0) is 14.6 Å². The van der Waals surface area contributed by atoms with Crippen molar-refractivity contribution >= 4 is 27.3 Å². The van der Waals surface area contributed by atoms with E-state index in [9.17, 15) is 13.2 Å². The van der Waals surface area contributed by atoms with Gasteiger partial charge in [0.1, 0.15) is 0 Å². The number of nitrogens with one attached hydrogen (secondary N) is 1. The largest absolute Gasteiger partial charge is 0.354 e. The van der Waals surface area contributed by atoms with Crippen LogP contribution in [0.2, 0.25) is 5.02 Å². The lowest BCUT2D eigenvalue weighted by Gasteiger charge is -2.28. The highest BCUT2D eigenvalue weighted by molar-refractivity contribution is 7.93. The Hall–Kier alpha value is -1.85. The maximum Gasteiger partial charge on any atom is 0.241 e. The van der Waals surface area contributed by atoms with Crippen molar-refractivity contribution in [3.8, 4) is 0 Å². The quantitative estimate of drug-likeness (QED) is 0.705. The first-order valence-corrected chi connectivity index (χ1v) is 11.6. The molecule has 0 aromatic heterocycles. The van der Waals surface area contributed by atoms with Gasteiger partial charge in [0.15, 0.2) is 14.6 Å². The third kappa shape index (κ3) is 3.96. The maximum atomic E-state index is 13.4. The third-order valence-corrected chi connectivity index (χ3v) is 8.50. The van der Waals surface area contributed by atoms with Crippen molar-refractivity contribution in [1.29, 1.82) is 0 Å². The number of hydrogen-bond donors (Lipinski definition) is 1. The molecule has 3 rings (SSSR count). The molecule has 1 aliphatic rings. The van der Waals surface area contributed by atoms with Gasteiger partial charge >= 0.3 is 0 Å². The molecule has 0 radical (unpaired) electrons. The number of rotatable bonds is 7. The van der Waals surface area contributed by atoms with Crippen LogP contribution in [0.25, 0.3) is 0 Å². The van der Waals surface area contributed by atoms with Crippen molar-refractivity contribution in [2.75, 3.05) is 6.54 Å². The molecule has 0 heterocycles. The van der Waals surface area contributed by atoms with Crippen molar-refractivity contribution in [2.45, 2.75) is 54.6 Å². The SMILES string of the molecule is CCC(CNC(=O)C1(S(=O)(=O)c2ccc(Cl)cc2)CCCC1)c1ccccc1. The summed E-state index contributed by atoms with van der Waals surface area (Å²) in [6, 6.07) is 16.1. The van der Waals surface area contributed by atoms with E-state index >= 15 is 0 Å². The second-order valence-corrected chi connectivity index (χ2v) is 10.1. The highest BCUT2D eigenvalue weighted by Gasteiger charge is 2.52. The lowest BCUT2D eigenvalue weighted by Crippen LogP contribution is -2.51. The van der Waals surface area contributed by atoms with Gasteiger partial charge in [-0.05, 0) is 49.1 Å². The minimum atomic E-state index is -3.81. The molecule has 150 valence electrons. The molecule has 1 fully saturated rings. The molecule has 0 aliphatic heterocycles. The average molecular weight is 420 g/mol. The van der Waals surface area contributed by atoms with E-state index < -0.39 is 14.6 Å². The summed E-state index contributed by atoms with van der Waals surface area (Å²) >= 11 is 5.90. The highest BCUT2D eigenvalue weighted by Crippen LogP contribution is 2.41. The smallest absolute Gasteiger partial charge is 0.241 e. The zero-order chi connectivity index (χ0) is 20.2. The fourth-order valence-corrected chi connectivity index (χ4v) is 6.22. The van der Waals surface area contributed by atoms with Crippen LogP contribution in [0, 0.1) is 0 Å². The first-order chi connectivity index (χ1) is 13.4. The summed E-state index contributed by atoms with van der Waals surface area (Å²) in [4.78, 5) is 13.3. The zero-order valence-corrected chi connectivity index (χ0v) is 17.6. The van der Waals surface area contributed by atoms with Crippen molar-refractivity contribution < 1.29 is 13.2 Å². The van der Waals surface area contributed by atoms with Crippen LogP contribution in [0.15, 0.2) is 59.5 Å². The number of carbonyl (C=O) groups is 1. The fourth-order valence-electron chi connectivity index (χ4n) is 4.00. The Labute approximate surface area is 172 Å². The van der Waals surface area contributed by atoms with Gasteiger partial charge in [-0.15, -0.1) is 0 Å². The Morgan fingerprint density at radius 2 is 1.68 bits per heavy atom. The number of halogens is 1. The van der Waals surface area contributed by atoms with Gasteiger partial charge in [0.2, 0.25) is 5.91 Å². The standard InChI is InChI=1S/C22H26ClNO3S/c1-2-17(18-8-4-3-5-9-18)16-24-21(25)22(14-6-7-15-22)28(26,27)20-12-10-19(23)11-13-20/h3-5,8-13,17H,2,6-7,14-16H2,1H3,(H,24,25). The van der Waals surface area contributed by atoms with E-state index in [1.165, 1.54) is 12.1 Å². The normalized spacial score (nSPS) is 17.2. The molecule has 0 bridgehead atoms. The third-order valence-electron chi connectivity index (χ3n) is 5.74. The van der Waals surface area contributed by atoms with Gasteiger partial charge in [0, 0.05) is 17.5 Å². The van der Waals surface area contributed by atoms with Crippen LogP contribution < -0.4 is 5.32 Å². The molecule has 4 nitrogen and oxygen atoms in total. The number of sulfone groups is 1. The lowest BCUT2D eigenvalue weighted by atomic mass is 9.96. The Morgan fingerprint density at radius 3 is 2.25 bits per heavy atom. The van der Waals surface area contributed by atoms with Gasteiger partial charge in [-0.1, -0.05) is 61.7 Å². The molecule has 1 unspecified atom stereocenters. The topological polar surface area (TPSA) is 63.2 Å². The van der Waals surface area contributed by atoms with Gasteiger partial charge in [0.25, 0.3) is 0 Å². The minimum Gasteiger partial charge on any atom is -0.354 e. The van der Waals surface area contributed by atoms with Gasteiger partial charge in [-0.3, -0.25) is 4.79 Å². The van der Waals surface area contributed by atoms with Gasteiger partial charge in [-0.2, -0.15) is 0 Å². The summed E-state index contributed by atoms with van der Waals surface area (Å²) in [6.07, 6.45) is 3.03. The van der Waals surface area contributed by atoms with Crippen molar-refractivity contribution in [2.24, 2.45) is 0 Å². The zero-order valence-electron chi connectivity index (χ0n) is 16.0. The first kappa shape index (κ1) is 20.9. The molecule has 0 saturated heterocycles. The van der Waals surface area contributed by atoms with E-state index in [4.69, 9.17) is 11.6 Å². The van der Waals surface area contributed by atoms with Gasteiger partial charge < -0.3 is 5.32 Å². The molecule has 1 amide bonds. The Kier molecular flexibility index (Phi) is 6.46. The van der Waals surface area contributed by atoms with E-state index in [1.54, 1.807) is 12.1 Å². The fraction of sp³-hybridized carbons (Fsp3) is 0.409. The molecule has 1 saturated carbocycles. The number of benzene rings is 2. The molecular weight excluding hydrogens is 394 g/mol. The van der Waals surface area contributed by atoms with E-state index in [0.717, 1.165) is 24.8 Å². The van der Waals surface area contributed by atoms with Crippen LogP contribution >= 0.6 is 11.6 Å². The number of hydrogen-bond acceptors (Lipinski definition) is 3. The van der Waals surface area contributed by atoms with E-state index in [0.29, 0.717) is 24.4 Å². The van der Waals surface area contributed by atoms with Crippen LogP contribution in [0.4, 0.5) is 0 Å². The molecule has 6 heteroatoms. The molecule has 28 heavy (non-hydrogen) atoms. The second kappa shape index (κ2) is 8.66. The molecule has 2 aromatic rings. The second-order valence-electron chi connectivity index (χ2n) is 7.38. The Balaban J connectivity index is 1.83. The van der Waals surface area contributed by atoms with E-state index in [-0.39, 0.29) is 16.7 Å². The van der Waals surface area contributed by atoms with Crippen LogP contribution in [0.5, 0.6) is 0 Å². The predicted molar refractivity (Wildman–Crippen MR) is 112 cm³/mol. The van der Waals surface area contributed by atoms with Crippen molar-refractivity contribution in [3.63, 3.8) is 0 Å². The van der Waals surface area contributed by atoms with Crippen LogP contribution in [0.1, 0.15) is 50.5 Å². The highest BCUT2D eigenvalue weighted by atomic mass is 35.5. The number of carbonyl (C=O) groups excluding carboxylic acids is 1. The summed E-state index contributed by atoms with van der Waals surface area (Å²) in [5.41, 5.74) is 1.14. The predicted octanol–water partition coefficient (Wildman–Crippen LogP) is 4.74. The maximum absolute atomic E-state index is 13.4. The average Bonchev–Trinajstić information content (AvgIpc) is 3.21. The Morgan fingerprint density at radius 1 is 1.07 bits per heavy atom. The van der Waals surface area contributed by atoms with Crippen molar-refractivity contribution in [3.05, 3.63) is 65.2 Å². The first-order valence-electron chi connectivity index (χ1n) is 9.74. The summed E-state index contributed by atoms with van der Waals surface area (Å²) in [7, 11) is -3.81. The molecule has 0 spiro atoms. The van der Waals surface area contributed by atoms with Crippen LogP contribution in [-0.4, -0.2) is 25.6 Å². The lowest BCUT2D eigenvalue weighted by molar-refractivity contribution is -0.123. The molecule has 1 N–H and O–H groups in total. The monoisotopic (exact) mass is 419 g/mol. The van der Waals surface area contributed by atoms with Gasteiger partial charge in [-0.25, -0.2) is 8.42 Å². The summed E-state index contributed by atoms with van der Waals surface area (Å²) < 4.78 is 25.4. The van der Waals surface area contributed by atoms with Gasteiger partial charge in [0.05, 0.1) is 4.90 Å². The molecule has 1 atom stereocenters. The van der Waals surface area contributed by atoms with E-state index in [2.05, 4.69) is 12.2 Å². The summed E-state index contributed by atoms with van der Waals surface area (Å²) in [5.74, 6) is -0.226. The van der Waals surface area contributed by atoms with E-state index in [1.807, 2.05) is 30.3 Å². The van der Waals surface area contributed by atoms with Crippen molar-refractivity contribution in [1.82, 2.24) is 5.32 Å². The number of amides is 1. The van der Waals surface area contributed by atoms with Crippen LogP contribution in [0.3, 0.4) is 0 Å². The summed E-state index contributed by atoms with van der Waals surface area (Å²) in [6.45, 7) is 2.50. The Bertz CT molecular complexity index is 905.